The minimum Gasteiger partial charge on any atom is -0.462 e. The highest BCUT2D eigenvalue weighted by Gasteiger charge is 2.21. The van der Waals surface area contributed by atoms with Crippen LogP contribution in [0.25, 0.3) is 0 Å². The van der Waals surface area contributed by atoms with E-state index in [2.05, 4.69) is 29.4 Å². The predicted molar refractivity (Wildman–Crippen MR) is 80.3 cm³/mol. The summed E-state index contributed by atoms with van der Waals surface area (Å²) in [6, 6.07) is 8.64. The molecule has 21 heavy (non-hydrogen) atoms. The van der Waals surface area contributed by atoms with Crippen LogP contribution >= 0.6 is 0 Å². The lowest BCUT2D eigenvalue weighted by Gasteiger charge is -2.25. The number of carbonyl (C=O) groups is 1. The first kappa shape index (κ1) is 13.9. The van der Waals surface area contributed by atoms with Crippen LogP contribution in [0.15, 0.2) is 36.7 Å². The molecule has 1 atom stereocenters. The Labute approximate surface area is 124 Å². The van der Waals surface area contributed by atoms with Gasteiger partial charge < -0.3 is 4.74 Å². The zero-order valence-corrected chi connectivity index (χ0v) is 12.3. The summed E-state index contributed by atoms with van der Waals surface area (Å²) in [6.07, 6.45) is 6.93. The molecule has 1 aromatic carbocycles. The van der Waals surface area contributed by atoms with Gasteiger partial charge in [0.25, 0.3) is 0 Å². The molecule has 0 amide bonds. The van der Waals surface area contributed by atoms with Gasteiger partial charge in [-0.05, 0) is 37.3 Å². The number of rotatable bonds is 4. The Hall–Kier alpha value is -2.10. The van der Waals surface area contributed by atoms with Gasteiger partial charge in [-0.15, -0.1) is 0 Å². The molecular formula is C17H20N2O2. The minimum atomic E-state index is -0.298. The smallest absolute Gasteiger partial charge is 0.341 e. The van der Waals surface area contributed by atoms with E-state index in [0.29, 0.717) is 18.1 Å². The van der Waals surface area contributed by atoms with Crippen LogP contribution < -0.4 is 0 Å². The third-order valence-electron chi connectivity index (χ3n) is 4.05. The maximum absolute atomic E-state index is 11.7. The van der Waals surface area contributed by atoms with E-state index in [-0.39, 0.29) is 5.97 Å². The molecule has 1 heterocycles. The van der Waals surface area contributed by atoms with Crippen molar-refractivity contribution in [3.05, 3.63) is 53.3 Å². The van der Waals surface area contributed by atoms with Gasteiger partial charge in [0.1, 0.15) is 0 Å². The Balaban J connectivity index is 1.75. The number of ether oxygens (including phenoxy) is 1. The maximum atomic E-state index is 11.7. The Kier molecular flexibility index (Phi) is 4.04. The van der Waals surface area contributed by atoms with Gasteiger partial charge in [0.2, 0.25) is 0 Å². The van der Waals surface area contributed by atoms with Crippen LogP contribution in [0, 0.1) is 0 Å². The molecular weight excluding hydrogens is 264 g/mol. The van der Waals surface area contributed by atoms with Crippen molar-refractivity contribution in [3.63, 3.8) is 0 Å². The highest BCUT2D eigenvalue weighted by Crippen LogP contribution is 2.32. The lowest BCUT2D eigenvalue weighted by molar-refractivity contribution is 0.0526. The van der Waals surface area contributed by atoms with E-state index in [1.165, 1.54) is 30.4 Å². The van der Waals surface area contributed by atoms with Crippen LogP contribution in [-0.2, 0) is 17.7 Å². The van der Waals surface area contributed by atoms with E-state index < -0.39 is 0 Å². The second kappa shape index (κ2) is 6.12. The number of fused-ring (bicyclic) bond motifs is 1. The molecule has 1 unspecified atom stereocenters. The van der Waals surface area contributed by atoms with E-state index in [0.717, 1.165) is 6.54 Å². The van der Waals surface area contributed by atoms with Crippen LogP contribution in [0.3, 0.4) is 0 Å². The molecule has 0 radical (unpaired) electrons. The van der Waals surface area contributed by atoms with Crippen LogP contribution in [0.2, 0.25) is 0 Å². The number of hydrogen-bond acceptors (Lipinski definition) is 3. The fraction of sp³-hybridized carbons (Fsp3) is 0.412. The number of aryl methyl sites for hydroxylation is 1. The average Bonchev–Trinajstić information content (AvgIpc) is 2.97. The summed E-state index contributed by atoms with van der Waals surface area (Å²) in [5.74, 6) is 0.178. The summed E-state index contributed by atoms with van der Waals surface area (Å²) < 4.78 is 6.86. The van der Waals surface area contributed by atoms with E-state index in [1.807, 2.05) is 4.68 Å². The molecule has 0 bridgehead atoms. The van der Waals surface area contributed by atoms with Gasteiger partial charge in [-0.3, -0.25) is 4.68 Å². The molecule has 0 aliphatic heterocycles. The van der Waals surface area contributed by atoms with Gasteiger partial charge in [-0.1, -0.05) is 24.3 Å². The van der Waals surface area contributed by atoms with Crippen molar-refractivity contribution in [2.45, 2.75) is 38.6 Å². The van der Waals surface area contributed by atoms with E-state index >= 15 is 0 Å². The number of nitrogens with zero attached hydrogens (tertiary/aromatic N) is 2. The lowest BCUT2D eigenvalue weighted by atomic mass is 9.83. The van der Waals surface area contributed by atoms with Crippen molar-refractivity contribution in [1.29, 1.82) is 0 Å². The Morgan fingerprint density at radius 3 is 3.14 bits per heavy atom. The van der Waals surface area contributed by atoms with Crippen molar-refractivity contribution >= 4 is 5.97 Å². The lowest BCUT2D eigenvalue weighted by Crippen LogP contribution is -2.15. The number of carbonyl (C=O) groups excluding carboxylic acids is 1. The normalized spacial score (nSPS) is 17.3. The summed E-state index contributed by atoms with van der Waals surface area (Å²) in [4.78, 5) is 11.7. The van der Waals surface area contributed by atoms with E-state index in [1.54, 1.807) is 19.3 Å². The zero-order valence-electron chi connectivity index (χ0n) is 12.3. The molecule has 0 spiro atoms. The zero-order chi connectivity index (χ0) is 14.7. The summed E-state index contributed by atoms with van der Waals surface area (Å²) in [6.45, 7) is 3.01. The quantitative estimate of drug-likeness (QED) is 0.810. The molecule has 4 nitrogen and oxygen atoms in total. The fourth-order valence-corrected chi connectivity index (χ4v) is 3.05. The Bertz CT molecular complexity index is 633. The molecule has 2 aromatic rings. The third-order valence-corrected chi connectivity index (χ3v) is 4.05. The molecule has 1 aromatic heterocycles. The Morgan fingerprint density at radius 1 is 1.43 bits per heavy atom. The van der Waals surface area contributed by atoms with Gasteiger partial charge >= 0.3 is 5.97 Å². The van der Waals surface area contributed by atoms with Crippen LogP contribution in [0.4, 0.5) is 0 Å². The van der Waals surface area contributed by atoms with Crippen molar-refractivity contribution in [2.75, 3.05) is 6.61 Å². The maximum Gasteiger partial charge on any atom is 0.341 e. The average molecular weight is 284 g/mol. The number of benzene rings is 1. The summed E-state index contributed by atoms with van der Waals surface area (Å²) in [5.41, 5.74) is 3.41. The van der Waals surface area contributed by atoms with Gasteiger partial charge in [0.05, 0.1) is 18.4 Å². The van der Waals surface area contributed by atoms with E-state index in [9.17, 15) is 4.79 Å². The standard InChI is InChI=1S/C17H20N2O2/c1-2-21-17(20)15-10-18-19(12-15)11-14-8-5-7-13-6-3-4-9-16(13)14/h3-4,6,9-10,12,14H,2,5,7-8,11H2,1H3. The van der Waals surface area contributed by atoms with Crippen molar-refractivity contribution in [1.82, 2.24) is 9.78 Å². The summed E-state index contributed by atoms with van der Waals surface area (Å²) in [5, 5.41) is 4.30. The monoisotopic (exact) mass is 284 g/mol. The van der Waals surface area contributed by atoms with E-state index in [4.69, 9.17) is 4.74 Å². The van der Waals surface area contributed by atoms with Crippen LogP contribution in [-0.4, -0.2) is 22.4 Å². The van der Waals surface area contributed by atoms with Crippen molar-refractivity contribution in [3.8, 4) is 0 Å². The van der Waals surface area contributed by atoms with Crippen molar-refractivity contribution < 1.29 is 9.53 Å². The minimum absolute atomic E-state index is 0.298. The second-order valence-electron chi connectivity index (χ2n) is 5.46. The second-order valence-corrected chi connectivity index (χ2v) is 5.46. The molecule has 3 rings (SSSR count). The number of esters is 1. The molecule has 110 valence electrons. The molecule has 0 saturated carbocycles. The molecule has 4 heteroatoms. The van der Waals surface area contributed by atoms with Crippen molar-refractivity contribution in [2.24, 2.45) is 0 Å². The fourth-order valence-electron chi connectivity index (χ4n) is 3.05. The van der Waals surface area contributed by atoms with Gasteiger partial charge in [0.15, 0.2) is 0 Å². The predicted octanol–water partition coefficient (Wildman–Crippen LogP) is 3.18. The highest BCUT2D eigenvalue weighted by atomic mass is 16.5. The molecule has 1 aliphatic rings. The molecule has 1 aliphatic carbocycles. The van der Waals surface area contributed by atoms with Gasteiger partial charge in [-0.2, -0.15) is 5.10 Å². The topological polar surface area (TPSA) is 44.1 Å². The highest BCUT2D eigenvalue weighted by molar-refractivity contribution is 5.88. The first-order valence-electron chi connectivity index (χ1n) is 7.55. The summed E-state index contributed by atoms with van der Waals surface area (Å²) >= 11 is 0. The first-order valence-corrected chi connectivity index (χ1v) is 7.55. The molecule has 0 N–H and O–H groups in total. The number of hydrogen-bond donors (Lipinski definition) is 0. The first-order chi connectivity index (χ1) is 10.3. The third kappa shape index (κ3) is 2.99. The molecule has 0 saturated heterocycles. The van der Waals surface area contributed by atoms with Crippen LogP contribution in [0.1, 0.15) is 47.2 Å². The Morgan fingerprint density at radius 2 is 2.29 bits per heavy atom. The van der Waals surface area contributed by atoms with Gasteiger partial charge in [0, 0.05) is 18.7 Å². The van der Waals surface area contributed by atoms with Gasteiger partial charge in [-0.25, -0.2) is 4.79 Å². The molecule has 0 fully saturated rings. The number of aromatic nitrogens is 2. The summed E-state index contributed by atoms with van der Waals surface area (Å²) in [7, 11) is 0. The van der Waals surface area contributed by atoms with Crippen LogP contribution in [0.5, 0.6) is 0 Å². The SMILES string of the molecule is CCOC(=O)c1cnn(CC2CCCc3ccccc32)c1. The largest absolute Gasteiger partial charge is 0.462 e.